The molecule has 0 aliphatic heterocycles. The lowest BCUT2D eigenvalue weighted by Crippen LogP contribution is -2.27. The van der Waals surface area contributed by atoms with E-state index in [1.807, 2.05) is 13.0 Å². The minimum absolute atomic E-state index is 0.0427. The summed E-state index contributed by atoms with van der Waals surface area (Å²) in [6.45, 7) is 3.48. The average Bonchev–Trinajstić information content (AvgIpc) is 2.96. The van der Waals surface area contributed by atoms with Crippen molar-refractivity contribution in [3.05, 3.63) is 41.7 Å². The average molecular weight is 303 g/mol. The van der Waals surface area contributed by atoms with Gasteiger partial charge in [-0.15, -0.1) is 0 Å². The Morgan fingerprint density at radius 2 is 2.09 bits per heavy atom. The molecule has 0 radical (unpaired) electrons. The van der Waals surface area contributed by atoms with Gasteiger partial charge in [0.1, 0.15) is 17.5 Å². The van der Waals surface area contributed by atoms with Crippen molar-refractivity contribution in [2.24, 2.45) is 0 Å². The summed E-state index contributed by atoms with van der Waals surface area (Å²) in [5.41, 5.74) is 1.45. The predicted octanol–water partition coefficient (Wildman–Crippen LogP) is 2.10. The number of carbonyl (C=O) groups is 2. The van der Waals surface area contributed by atoms with E-state index < -0.39 is 12.0 Å². The Labute approximate surface area is 127 Å². The molecule has 1 atom stereocenters. The zero-order valence-electron chi connectivity index (χ0n) is 12.5. The van der Waals surface area contributed by atoms with Crippen LogP contribution >= 0.6 is 0 Å². The molecule has 1 aromatic carbocycles. The molecule has 1 aromatic heterocycles. The van der Waals surface area contributed by atoms with Gasteiger partial charge in [-0.05, 0) is 37.6 Å². The summed E-state index contributed by atoms with van der Waals surface area (Å²) in [6, 6.07) is 5.98. The van der Waals surface area contributed by atoms with E-state index in [2.05, 4.69) is 10.4 Å². The van der Waals surface area contributed by atoms with E-state index in [0.29, 0.717) is 11.4 Å². The highest BCUT2D eigenvalue weighted by atomic mass is 16.5. The molecule has 2 aromatic rings. The number of ether oxygens (including phenoxy) is 1. The summed E-state index contributed by atoms with van der Waals surface area (Å²) < 4.78 is 6.37. The zero-order chi connectivity index (χ0) is 16.3. The van der Waals surface area contributed by atoms with Crippen molar-refractivity contribution in [2.75, 3.05) is 12.4 Å². The fourth-order valence-corrected chi connectivity index (χ4v) is 2.06. The standard InChI is InChI=1S/C15H17N3O4/c1-9-4-5-13(22-3)11(8-9)17-14(19)10(2)18-12(15(20)21)6-7-16-18/h4-8,10H,1-3H3,(H,17,19)(H,20,21). The lowest BCUT2D eigenvalue weighted by molar-refractivity contribution is -0.119. The molecule has 7 nitrogen and oxygen atoms in total. The van der Waals surface area contributed by atoms with Crippen LogP contribution in [0.5, 0.6) is 5.75 Å². The number of hydrogen-bond donors (Lipinski definition) is 2. The molecule has 0 bridgehead atoms. The predicted molar refractivity (Wildman–Crippen MR) is 80.3 cm³/mol. The first-order valence-corrected chi connectivity index (χ1v) is 6.66. The van der Waals surface area contributed by atoms with E-state index in [1.54, 1.807) is 19.1 Å². The van der Waals surface area contributed by atoms with Crippen LogP contribution in [0.4, 0.5) is 5.69 Å². The van der Waals surface area contributed by atoms with Gasteiger partial charge in [0.2, 0.25) is 5.91 Å². The van der Waals surface area contributed by atoms with Crippen molar-refractivity contribution >= 4 is 17.6 Å². The number of anilines is 1. The summed E-state index contributed by atoms with van der Waals surface area (Å²) in [5.74, 6) is -0.981. The number of aryl methyl sites for hydroxylation is 1. The molecular weight excluding hydrogens is 286 g/mol. The minimum atomic E-state index is -1.13. The second-order valence-electron chi connectivity index (χ2n) is 4.84. The number of carboxylic acids is 1. The molecule has 1 heterocycles. The molecule has 2 N–H and O–H groups in total. The summed E-state index contributed by atoms with van der Waals surface area (Å²) in [7, 11) is 1.51. The van der Waals surface area contributed by atoms with E-state index in [0.717, 1.165) is 5.56 Å². The van der Waals surface area contributed by atoms with Gasteiger partial charge in [-0.25, -0.2) is 9.48 Å². The van der Waals surface area contributed by atoms with Crippen molar-refractivity contribution in [3.63, 3.8) is 0 Å². The number of benzene rings is 1. The lowest BCUT2D eigenvalue weighted by atomic mass is 10.2. The van der Waals surface area contributed by atoms with Crippen LogP contribution in [0.25, 0.3) is 0 Å². The number of aromatic carboxylic acids is 1. The summed E-state index contributed by atoms with van der Waals surface area (Å²) in [5, 5.41) is 15.7. The van der Waals surface area contributed by atoms with Crippen LogP contribution in [0.2, 0.25) is 0 Å². The first kappa shape index (κ1) is 15.6. The van der Waals surface area contributed by atoms with E-state index in [4.69, 9.17) is 9.84 Å². The third-order valence-corrected chi connectivity index (χ3v) is 3.25. The van der Waals surface area contributed by atoms with Gasteiger partial charge >= 0.3 is 5.97 Å². The highest BCUT2D eigenvalue weighted by Gasteiger charge is 2.22. The molecule has 22 heavy (non-hydrogen) atoms. The number of nitrogens with one attached hydrogen (secondary N) is 1. The van der Waals surface area contributed by atoms with Crippen LogP contribution in [0.1, 0.15) is 29.0 Å². The number of carbonyl (C=O) groups excluding carboxylic acids is 1. The molecule has 0 saturated carbocycles. The second-order valence-corrected chi connectivity index (χ2v) is 4.84. The highest BCUT2D eigenvalue weighted by Crippen LogP contribution is 2.26. The largest absolute Gasteiger partial charge is 0.495 e. The second kappa shape index (κ2) is 6.30. The molecule has 7 heteroatoms. The molecule has 0 fully saturated rings. The van der Waals surface area contributed by atoms with Gasteiger partial charge in [0, 0.05) is 6.20 Å². The van der Waals surface area contributed by atoms with Crippen molar-refractivity contribution in [1.29, 1.82) is 0 Å². The number of methoxy groups -OCH3 is 1. The topological polar surface area (TPSA) is 93.5 Å². The molecule has 116 valence electrons. The van der Waals surface area contributed by atoms with Gasteiger partial charge in [-0.2, -0.15) is 5.10 Å². The molecule has 1 amide bonds. The molecular formula is C15H17N3O4. The fraction of sp³-hybridized carbons (Fsp3) is 0.267. The van der Waals surface area contributed by atoms with Crippen LogP contribution in [-0.4, -0.2) is 33.9 Å². The first-order chi connectivity index (χ1) is 10.4. The smallest absolute Gasteiger partial charge is 0.354 e. The van der Waals surface area contributed by atoms with Crippen LogP contribution < -0.4 is 10.1 Å². The maximum atomic E-state index is 12.3. The molecule has 1 unspecified atom stereocenters. The summed E-state index contributed by atoms with van der Waals surface area (Å²) in [4.78, 5) is 23.4. The number of aromatic nitrogens is 2. The van der Waals surface area contributed by atoms with E-state index in [1.165, 1.54) is 24.1 Å². The van der Waals surface area contributed by atoms with Crippen molar-refractivity contribution < 1.29 is 19.4 Å². The lowest BCUT2D eigenvalue weighted by Gasteiger charge is -2.16. The maximum Gasteiger partial charge on any atom is 0.354 e. The monoisotopic (exact) mass is 303 g/mol. The normalized spacial score (nSPS) is 11.8. The Morgan fingerprint density at radius 3 is 2.73 bits per heavy atom. The van der Waals surface area contributed by atoms with Gasteiger partial charge in [-0.1, -0.05) is 6.07 Å². The van der Waals surface area contributed by atoms with E-state index in [-0.39, 0.29) is 11.6 Å². The summed E-state index contributed by atoms with van der Waals surface area (Å²) >= 11 is 0. The van der Waals surface area contributed by atoms with Crippen LogP contribution in [0.3, 0.4) is 0 Å². The Balaban J connectivity index is 2.23. The third kappa shape index (κ3) is 3.08. The van der Waals surface area contributed by atoms with Crippen molar-refractivity contribution in [2.45, 2.75) is 19.9 Å². The maximum absolute atomic E-state index is 12.3. The Kier molecular flexibility index (Phi) is 4.45. The molecule has 0 spiro atoms. The molecule has 0 saturated heterocycles. The van der Waals surface area contributed by atoms with Crippen LogP contribution in [0, 0.1) is 6.92 Å². The Morgan fingerprint density at radius 1 is 1.36 bits per heavy atom. The SMILES string of the molecule is COc1ccc(C)cc1NC(=O)C(C)n1nccc1C(=O)O. The molecule has 2 rings (SSSR count). The van der Waals surface area contributed by atoms with Gasteiger partial charge < -0.3 is 15.2 Å². The Hall–Kier alpha value is -2.83. The van der Waals surface area contributed by atoms with Gasteiger partial charge in [-0.3, -0.25) is 4.79 Å². The van der Waals surface area contributed by atoms with Gasteiger partial charge in [0.15, 0.2) is 0 Å². The van der Waals surface area contributed by atoms with E-state index in [9.17, 15) is 9.59 Å². The highest BCUT2D eigenvalue weighted by molar-refractivity contribution is 5.95. The fourth-order valence-electron chi connectivity index (χ4n) is 2.06. The number of amides is 1. The quantitative estimate of drug-likeness (QED) is 0.882. The molecule has 0 aliphatic rings. The number of carboxylic acid groups (broad SMARTS) is 1. The molecule has 0 aliphatic carbocycles. The van der Waals surface area contributed by atoms with Gasteiger partial charge in [0.05, 0.1) is 12.8 Å². The first-order valence-electron chi connectivity index (χ1n) is 6.66. The van der Waals surface area contributed by atoms with Crippen molar-refractivity contribution in [1.82, 2.24) is 9.78 Å². The zero-order valence-corrected chi connectivity index (χ0v) is 12.5. The van der Waals surface area contributed by atoms with Crippen LogP contribution in [0.15, 0.2) is 30.5 Å². The number of nitrogens with zero attached hydrogens (tertiary/aromatic N) is 2. The Bertz CT molecular complexity index is 709. The van der Waals surface area contributed by atoms with Gasteiger partial charge in [0.25, 0.3) is 0 Å². The van der Waals surface area contributed by atoms with E-state index >= 15 is 0 Å². The number of rotatable bonds is 5. The van der Waals surface area contributed by atoms with Crippen molar-refractivity contribution in [3.8, 4) is 5.75 Å². The van der Waals surface area contributed by atoms with Crippen LogP contribution in [-0.2, 0) is 4.79 Å². The third-order valence-electron chi connectivity index (χ3n) is 3.25. The summed E-state index contributed by atoms with van der Waals surface area (Å²) in [6.07, 6.45) is 1.35. The number of hydrogen-bond acceptors (Lipinski definition) is 4. The minimum Gasteiger partial charge on any atom is -0.495 e.